The number of nitrogen functional groups attached to an aromatic ring is 1. The number of aromatic nitrogens is 2. The van der Waals surface area contributed by atoms with Crippen molar-refractivity contribution in [2.45, 2.75) is 25.3 Å². The molecule has 23 heavy (non-hydrogen) atoms. The number of benzene rings is 1. The molecular formula is C16H19N5O2. The van der Waals surface area contributed by atoms with Crippen LogP contribution in [0.5, 0.6) is 0 Å². The number of nitrogens with one attached hydrogen (secondary N) is 2. The predicted octanol–water partition coefficient (Wildman–Crippen LogP) is 1.23. The van der Waals surface area contributed by atoms with E-state index >= 15 is 0 Å². The zero-order valence-electron chi connectivity index (χ0n) is 12.8. The van der Waals surface area contributed by atoms with E-state index in [2.05, 4.69) is 32.4 Å². The maximum atomic E-state index is 11.9. The summed E-state index contributed by atoms with van der Waals surface area (Å²) in [5.74, 6) is 0.383. The molecule has 0 bridgehead atoms. The van der Waals surface area contributed by atoms with E-state index in [9.17, 15) is 9.90 Å². The zero-order chi connectivity index (χ0) is 16.4. The molecule has 1 aromatic heterocycles. The van der Waals surface area contributed by atoms with Crippen molar-refractivity contribution in [2.24, 2.45) is 4.99 Å². The number of aliphatic imine (C=N–C) groups is 1. The molecule has 0 saturated carbocycles. The fourth-order valence-corrected chi connectivity index (χ4v) is 2.72. The molecule has 1 aromatic carbocycles. The first-order valence-electron chi connectivity index (χ1n) is 7.42. The van der Waals surface area contributed by atoms with Crippen molar-refractivity contribution in [3.05, 3.63) is 46.2 Å². The van der Waals surface area contributed by atoms with Crippen LogP contribution in [0.25, 0.3) is 0 Å². The van der Waals surface area contributed by atoms with E-state index in [0.29, 0.717) is 18.0 Å². The fraction of sp³-hybridized carbons (Fsp3) is 0.312. The minimum Gasteiger partial charge on any atom is -0.390 e. The molecular weight excluding hydrogens is 294 g/mol. The van der Waals surface area contributed by atoms with Crippen LogP contribution in [0.3, 0.4) is 0 Å². The van der Waals surface area contributed by atoms with Crippen LogP contribution in [0.4, 0.5) is 17.5 Å². The molecule has 0 radical (unpaired) electrons. The van der Waals surface area contributed by atoms with Gasteiger partial charge in [0.1, 0.15) is 0 Å². The topological polar surface area (TPSA) is 116 Å². The highest BCUT2D eigenvalue weighted by molar-refractivity contribution is 6.01. The normalized spacial score (nSPS) is 19.7. The largest absolute Gasteiger partial charge is 0.390 e. The molecule has 3 rings (SSSR count). The van der Waals surface area contributed by atoms with Gasteiger partial charge in [0.2, 0.25) is 5.95 Å². The van der Waals surface area contributed by atoms with Crippen molar-refractivity contribution in [1.82, 2.24) is 9.97 Å². The van der Waals surface area contributed by atoms with Crippen LogP contribution in [-0.4, -0.2) is 32.9 Å². The first-order chi connectivity index (χ1) is 11.0. The van der Waals surface area contributed by atoms with E-state index in [4.69, 9.17) is 5.73 Å². The summed E-state index contributed by atoms with van der Waals surface area (Å²) in [6.45, 7) is 1.70. The molecule has 2 aromatic rings. The summed E-state index contributed by atoms with van der Waals surface area (Å²) in [5.41, 5.74) is 6.44. The highest BCUT2D eigenvalue weighted by atomic mass is 16.3. The molecule has 0 unspecified atom stereocenters. The number of hydrogen-bond acceptors (Lipinski definition) is 6. The Kier molecular flexibility index (Phi) is 3.87. The minimum atomic E-state index is -0.592. The number of aliphatic hydroxyl groups excluding tert-OH is 1. The molecule has 1 aliphatic heterocycles. The van der Waals surface area contributed by atoms with E-state index < -0.39 is 11.1 Å². The summed E-state index contributed by atoms with van der Waals surface area (Å²) in [6.07, 6.45) is 1.50. The molecule has 2 heterocycles. The lowest BCUT2D eigenvalue weighted by atomic mass is 9.87. The molecule has 120 valence electrons. The number of fused-ring (bicyclic) bond motifs is 1. The Labute approximate surface area is 133 Å². The second kappa shape index (κ2) is 5.85. The lowest BCUT2D eigenvalue weighted by Crippen LogP contribution is -2.48. The Hall–Kier alpha value is -2.67. The second-order valence-electron chi connectivity index (χ2n) is 5.81. The van der Waals surface area contributed by atoms with Gasteiger partial charge in [0, 0.05) is 0 Å². The number of nitrogens with zero attached hydrogens (tertiary/aromatic N) is 2. The molecule has 0 spiro atoms. The molecule has 7 nitrogen and oxygen atoms in total. The second-order valence-corrected chi connectivity index (χ2v) is 5.81. The third kappa shape index (κ3) is 2.95. The molecule has 0 fully saturated rings. The van der Waals surface area contributed by atoms with Crippen molar-refractivity contribution >= 4 is 23.2 Å². The SMILES string of the molecule is C[C@@]1(CCc2ccccc2)Nc2nc(N)[nH]c(=O)c2N=C1CO. The van der Waals surface area contributed by atoms with E-state index in [1.807, 2.05) is 25.1 Å². The fourth-order valence-electron chi connectivity index (χ4n) is 2.72. The molecule has 0 aliphatic carbocycles. The van der Waals surface area contributed by atoms with E-state index in [0.717, 1.165) is 6.42 Å². The van der Waals surface area contributed by atoms with Gasteiger partial charge >= 0.3 is 0 Å². The number of nitrogens with two attached hydrogens (primary N) is 1. The summed E-state index contributed by atoms with van der Waals surface area (Å²) < 4.78 is 0. The molecule has 0 saturated heterocycles. The first-order valence-corrected chi connectivity index (χ1v) is 7.42. The Morgan fingerprint density at radius 3 is 2.74 bits per heavy atom. The third-order valence-electron chi connectivity index (χ3n) is 4.10. The van der Waals surface area contributed by atoms with Gasteiger partial charge in [-0.2, -0.15) is 4.98 Å². The summed E-state index contributed by atoms with van der Waals surface area (Å²) in [7, 11) is 0. The smallest absolute Gasteiger partial charge is 0.280 e. The molecule has 1 atom stereocenters. The third-order valence-corrected chi connectivity index (χ3v) is 4.10. The van der Waals surface area contributed by atoms with Crippen molar-refractivity contribution in [3.63, 3.8) is 0 Å². The highest BCUT2D eigenvalue weighted by Crippen LogP contribution is 2.32. The van der Waals surface area contributed by atoms with Gasteiger partial charge in [0.15, 0.2) is 11.5 Å². The number of H-pyrrole nitrogens is 1. The van der Waals surface area contributed by atoms with Gasteiger partial charge in [-0.25, -0.2) is 4.99 Å². The number of rotatable bonds is 4. The van der Waals surface area contributed by atoms with Crippen LogP contribution in [0.15, 0.2) is 40.1 Å². The van der Waals surface area contributed by atoms with Crippen molar-refractivity contribution in [2.75, 3.05) is 17.7 Å². The summed E-state index contributed by atoms with van der Waals surface area (Å²) in [6, 6.07) is 10.1. The quantitative estimate of drug-likeness (QED) is 0.677. The van der Waals surface area contributed by atoms with Crippen molar-refractivity contribution in [1.29, 1.82) is 0 Å². The maximum Gasteiger partial charge on any atom is 0.280 e. The van der Waals surface area contributed by atoms with E-state index in [1.54, 1.807) is 0 Å². The van der Waals surface area contributed by atoms with Crippen LogP contribution >= 0.6 is 0 Å². The van der Waals surface area contributed by atoms with Crippen LogP contribution in [0.1, 0.15) is 18.9 Å². The van der Waals surface area contributed by atoms with Crippen LogP contribution in [0.2, 0.25) is 0 Å². The van der Waals surface area contributed by atoms with Gasteiger partial charge in [-0.05, 0) is 25.3 Å². The Morgan fingerprint density at radius 2 is 2.04 bits per heavy atom. The van der Waals surface area contributed by atoms with Gasteiger partial charge in [-0.3, -0.25) is 9.78 Å². The average Bonchev–Trinajstić information content (AvgIpc) is 2.53. The molecule has 1 aliphatic rings. The Balaban J connectivity index is 1.92. The highest BCUT2D eigenvalue weighted by Gasteiger charge is 2.35. The summed E-state index contributed by atoms with van der Waals surface area (Å²) in [5, 5.41) is 12.9. The summed E-state index contributed by atoms with van der Waals surface area (Å²) in [4.78, 5) is 22.8. The molecule has 5 N–H and O–H groups in total. The predicted molar refractivity (Wildman–Crippen MR) is 90.2 cm³/mol. The van der Waals surface area contributed by atoms with E-state index in [1.165, 1.54) is 5.56 Å². The van der Waals surface area contributed by atoms with Crippen molar-refractivity contribution in [3.8, 4) is 0 Å². The number of hydrogen-bond donors (Lipinski definition) is 4. The lowest BCUT2D eigenvalue weighted by Gasteiger charge is -2.35. The lowest BCUT2D eigenvalue weighted by molar-refractivity contribution is 0.346. The van der Waals surface area contributed by atoms with Crippen LogP contribution < -0.4 is 16.6 Å². The number of aryl methyl sites for hydroxylation is 1. The molecule has 7 heteroatoms. The summed E-state index contributed by atoms with van der Waals surface area (Å²) >= 11 is 0. The van der Waals surface area contributed by atoms with Gasteiger partial charge in [0.05, 0.1) is 17.9 Å². The number of aromatic amines is 1. The minimum absolute atomic E-state index is 0.0364. The number of aliphatic hydroxyl groups is 1. The average molecular weight is 313 g/mol. The van der Waals surface area contributed by atoms with Crippen LogP contribution in [0, 0.1) is 0 Å². The van der Waals surface area contributed by atoms with Crippen molar-refractivity contribution < 1.29 is 5.11 Å². The van der Waals surface area contributed by atoms with Crippen LogP contribution in [-0.2, 0) is 6.42 Å². The maximum absolute atomic E-state index is 11.9. The Bertz CT molecular complexity index is 800. The number of anilines is 2. The monoisotopic (exact) mass is 313 g/mol. The van der Waals surface area contributed by atoms with E-state index in [-0.39, 0.29) is 18.2 Å². The van der Waals surface area contributed by atoms with Gasteiger partial charge in [-0.1, -0.05) is 30.3 Å². The molecule has 0 amide bonds. The van der Waals surface area contributed by atoms with Gasteiger partial charge in [-0.15, -0.1) is 0 Å². The standard InChI is InChI=1S/C16H19N5O2/c1-16(8-7-10-5-3-2-4-6-10)11(9-22)18-12-13(21-16)19-15(17)20-14(12)23/h2-6,22H,7-9H2,1H3,(H4,17,19,20,21,23)/t16-/m0/s1. The van der Waals surface area contributed by atoms with Gasteiger partial charge in [0.25, 0.3) is 5.56 Å². The van der Waals surface area contributed by atoms with Gasteiger partial charge < -0.3 is 16.2 Å². The zero-order valence-corrected chi connectivity index (χ0v) is 12.8. The Morgan fingerprint density at radius 1 is 1.30 bits per heavy atom. The first kappa shape index (κ1) is 15.2.